The lowest BCUT2D eigenvalue weighted by Crippen LogP contribution is -2.40. The zero-order chi connectivity index (χ0) is 22.9. The van der Waals surface area contributed by atoms with Crippen LogP contribution in [0.4, 0.5) is 5.82 Å². The van der Waals surface area contributed by atoms with Gasteiger partial charge < -0.3 is 22.1 Å². The highest BCUT2D eigenvalue weighted by Gasteiger charge is 2.19. The van der Waals surface area contributed by atoms with Crippen molar-refractivity contribution in [1.82, 2.24) is 10.3 Å². The monoisotopic (exact) mass is 452 g/mol. The minimum Gasteiger partial charge on any atom is -0.370 e. The Morgan fingerprint density at radius 3 is 2.69 bits per heavy atom. The van der Waals surface area contributed by atoms with Crippen molar-refractivity contribution in [3.63, 3.8) is 0 Å². The second kappa shape index (κ2) is 11.3. The van der Waals surface area contributed by atoms with E-state index >= 15 is 0 Å². The number of aromatic nitrogens is 1. The molecule has 6 N–H and O–H groups in total. The number of aryl methyl sites for hydroxylation is 1. The van der Waals surface area contributed by atoms with E-state index in [2.05, 4.69) is 20.6 Å². The van der Waals surface area contributed by atoms with Crippen LogP contribution in [0.5, 0.6) is 0 Å². The van der Waals surface area contributed by atoms with Crippen molar-refractivity contribution < 1.29 is 4.79 Å². The number of hydrogen-bond acceptors (Lipinski definition) is 4. The molecule has 0 saturated carbocycles. The molecular formula is C24H29ClN6O. The first kappa shape index (κ1) is 23.3. The van der Waals surface area contributed by atoms with Crippen LogP contribution >= 0.6 is 11.6 Å². The van der Waals surface area contributed by atoms with Gasteiger partial charge in [0.05, 0.1) is 5.52 Å². The van der Waals surface area contributed by atoms with Gasteiger partial charge in [-0.1, -0.05) is 41.9 Å². The number of fused-ring (bicyclic) bond motifs is 1. The van der Waals surface area contributed by atoms with Crippen LogP contribution in [-0.2, 0) is 11.2 Å². The highest BCUT2D eigenvalue weighted by atomic mass is 35.5. The number of amides is 1. The van der Waals surface area contributed by atoms with Gasteiger partial charge in [-0.05, 0) is 61.6 Å². The van der Waals surface area contributed by atoms with Gasteiger partial charge in [0.1, 0.15) is 11.9 Å². The third kappa shape index (κ3) is 6.85. The summed E-state index contributed by atoms with van der Waals surface area (Å²) >= 11 is 6.12. The van der Waals surface area contributed by atoms with Gasteiger partial charge in [0.25, 0.3) is 0 Å². The van der Waals surface area contributed by atoms with Gasteiger partial charge >= 0.3 is 0 Å². The van der Waals surface area contributed by atoms with Crippen LogP contribution < -0.4 is 22.1 Å². The summed E-state index contributed by atoms with van der Waals surface area (Å²) in [6.45, 7) is 3.01. The molecule has 0 saturated heterocycles. The molecule has 0 radical (unpaired) electrons. The Bertz CT molecular complexity index is 1080. The van der Waals surface area contributed by atoms with Crippen molar-refractivity contribution in [1.29, 1.82) is 0 Å². The number of benzene rings is 2. The summed E-state index contributed by atoms with van der Waals surface area (Å²) in [5.74, 6) is 0.607. The maximum atomic E-state index is 13.0. The summed E-state index contributed by atoms with van der Waals surface area (Å²) in [7, 11) is 0. The standard InChI is InChI=1S/C24H29ClN6O/c1-16-14-22(30-20-10-9-18(25)15-19(16)20)31-21(8-5-12-29-24(26)27)23(32)28-13-11-17-6-3-2-4-7-17/h2-4,6-7,9-10,14-15,21H,5,8,11-13H2,1H3,(H,28,32)(H,30,31)(H4,26,27,29). The maximum Gasteiger partial charge on any atom is 0.242 e. The number of nitrogens with zero attached hydrogens (tertiary/aromatic N) is 2. The molecule has 0 spiro atoms. The molecule has 1 atom stereocenters. The molecule has 2 aromatic carbocycles. The summed E-state index contributed by atoms with van der Waals surface area (Å²) in [5, 5.41) is 7.98. The number of carbonyl (C=O) groups is 1. The Balaban J connectivity index is 1.70. The zero-order valence-corrected chi connectivity index (χ0v) is 18.9. The number of nitrogens with two attached hydrogens (primary N) is 2. The van der Waals surface area contributed by atoms with Crippen LogP contribution in [0.1, 0.15) is 24.0 Å². The molecule has 32 heavy (non-hydrogen) atoms. The van der Waals surface area contributed by atoms with E-state index in [4.69, 9.17) is 23.1 Å². The number of guanidine groups is 1. The van der Waals surface area contributed by atoms with E-state index in [9.17, 15) is 4.79 Å². The van der Waals surface area contributed by atoms with E-state index in [1.165, 1.54) is 5.56 Å². The molecule has 8 heteroatoms. The van der Waals surface area contributed by atoms with Crippen LogP contribution in [0, 0.1) is 6.92 Å². The minimum absolute atomic E-state index is 0.0484. The normalized spacial score (nSPS) is 11.7. The Hall–Kier alpha value is -3.32. The highest BCUT2D eigenvalue weighted by Crippen LogP contribution is 2.24. The van der Waals surface area contributed by atoms with Crippen molar-refractivity contribution >= 4 is 40.2 Å². The average Bonchev–Trinajstić information content (AvgIpc) is 2.77. The zero-order valence-electron chi connectivity index (χ0n) is 18.1. The molecule has 1 unspecified atom stereocenters. The van der Waals surface area contributed by atoms with Crippen LogP contribution in [0.3, 0.4) is 0 Å². The molecule has 0 aliphatic carbocycles. The van der Waals surface area contributed by atoms with Gasteiger partial charge in [0.15, 0.2) is 5.96 Å². The molecule has 1 amide bonds. The Labute approximate surface area is 193 Å². The first-order valence-corrected chi connectivity index (χ1v) is 11.0. The Morgan fingerprint density at radius 1 is 1.16 bits per heavy atom. The average molecular weight is 453 g/mol. The number of rotatable bonds is 10. The summed E-state index contributed by atoms with van der Waals surface area (Å²) in [6, 6.07) is 17.1. The minimum atomic E-state index is -0.461. The molecule has 0 fully saturated rings. The molecule has 168 valence electrons. The van der Waals surface area contributed by atoms with E-state index in [0.717, 1.165) is 22.9 Å². The fourth-order valence-electron chi connectivity index (χ4n) is 3.49. The number of pyridine rings is 1. The number of carbonyl (C=O) groups excluding carboxylic acids is 1. The molecule has 7 nitrogen and oxygen atoms in total. The lowest BCUT2D eigenvalue weighted by Gasteiger charge is -2.19. The quantitative estimate of drug-likeness (QED) is 0.213. The van der Waals surface area contributed by atoms with Crippen molar-refractivity contribution in [2.45, 2.75) is 32.2 Å². The van der Waals surface area contributed by atoms with Crippen molar-refractivity contribution in [3.8, 4) is 0 Å². The van der Waals surface area contributed by atoms with E-state index < -0.39 is 6.04 Å². The molecule has 0 bridgehead atoms. The topological polar surface area (TPSA) is 118 Å². The van der Waals surface area contributed by atoms with Crippen LogP contribution in [0.25, 0.3) is 10.9 Å². The Morgan fingerprint density at radius 2 is 1.94 bits per heavy atom. The summed E-state index contributed by atoms with van der Waals surface area (Å²) < 4.78 is 0. The smallest absolute Gasteiger partial charge is 0.242 e. The predicted octanol–water partition coefficient (Wildman–Crippen LogP) is 3.39. The molecule has 3 rings (SSSR count). The predicted molar refractivity (Wildman–Crippen MR) is 132 cm³/mol. The molecule has 0 aliphatic heterocycles. The van der Waals surface area contributed by atoms with Crippen LogP contribution in [0.2, 0.25) is 5.02 Å². The fourth-order valence-corrected chi connectivity index (χ4v) is 3.66. The molecule has 1 aromatic heterocycles. The third-order valence-electron chi connectivity index (χ3n) is 5.12. The molecule has 3 aromatic rings. The molecule has 1 heterocycles. The second-order valence-electron chi connectivity index (χ2n) is 7.66. The maximum absolute atomic E-state index is 13.0. The van der Waals surface area contributed by atoms with Gasteiger partial charge in [0, 0.05) is 23.5 Å². The van der Waals surface area contributed by atoms with Gasteiger partial charge in [-0.15, -0.1) is 0 Å². The van der Waals surface area contributed by atoms with E-state index in [-0.39, 0.29) is 11.9 Å². The van der Waals surface area contributed by atoms with Crippen molar-refractivity contribution in [3.05, 3.63) is 70.7 Å². The summed E-state index contributed by atoms with van der Waals surface area (Å²) in [4.78, 5) is 21.6. The van der Waals surface area contributed by atoms with E-state index in [0.29, 0.717) is 36.8 Å². The van der Waals surface area contributed by atoms with Gasteiger partial charge in [-0.3, -0.25) is 9.79 Å². The number of anilines is 1. The van der Waals surface area contributed by atoms with Crippen molar-refractivity contribution in [2.75, 3.05) is 18.4 Å². The lowest BCUT2D eigenvalue weighted by atomic mass is 10.1. The van der Waals surface area contributed by atoms with E-state index in [1.54, 1.807) is 0 Å². The molecular weight excluding hydrogens is 424 g/mol. The SMILES string of the molecule is Cc1cc(NC(CCCN=C(N)N)C(=O)NCCc2ccccc2)nc2ccc(Cl)cc12. The number of halogens is 1. The van der Waals surface area contributed by atoms with Crippen molar-refractivity contribution in [2.24, 2.45) is 16.5 Å². The summed E-state index contributed by atoms with van der Waals surface area (Å²) in [6.07, 6.45) is 1.98. The fraction of sp³-hybridized carbons (Fsp3) is 0.292. The third-order valence-corrected chi connectivity index (χ3v) is 5.35. The molecule has 0 aliphatic rings. The van der Waals surface area contributed by atoms with Crippen LogP contribution in [-0.4, -0.2) is 36.0 Å². The van der Waals surface area contributed by atoms with Gasteiger partial charge in [0.2, 0.25) is 5.91 Å². The van der Waals surface area contributed by atoms with Gasteiger partial charge in [-0.25, -0.2) is 4.98 Å². The highest BCUT2D eigenvalue weighted by molar-refractivity contribution is 6.31. The first-order chi connectivity index (χ1) is 15.4. The van der Waals surface area contributed by atoms with E-state index in [1.807, 2.05) is 61.5 Å². The first-order valence-electron chi connectivity index (χ1n) is 10.6. The number of nitrogens with one attached hydrogen (secondary N) is 2. The Kier molecular flexibility index (Phi) is 8.27. The second-order valence-corrected chi connectivity index (χ2v) is 8.09. The largest absolute Gasteiger partial charge is 0.370 e. The van der Waals surface area contributed by atoms with Gasteiger partial charge in [-0.2, -0.15) is 0 Å². The summed E-state index contributed by atoms with van der Waals surface area (Å²) in [5.41, 5.74) is 13.8. The lowest BCUT2D eigenvalue weighted by molar-refractivity contribution is -0.121. The van der Waals surface area contributed by atoms with Crippen LogP contribution in [0.15, 0.2) is 59.6 Å². The number of hydrogen-bond donors (Lipinski definition) is 4. The number of aliphatic imine (C=N–C) groups is 1.